The molecule has 0 aliphatic carbocycles. The summed E-state index contributed by atoms with van der Waals surface area (Å²) in [5.41, 5.74) is 2.40. The van der Waals surface area contributed by atoms with Crippen molar-refractivity contribution in [3.05, 3.63) is 53.2 Å². The first-order valence-corrected chi connectivity index (χ1v) is 12.0. The predicted octanol–water partition coefficient (Wildman–Crippen LogP) is 3.51. The fourth-order valence-electron chi connectivity index (χ4n) is 4.67. The lowest BCUT2D eigenvalue weighted by molar-refractivity contribution is 0.160. The van der Waals surface area contributed by atoms with Crippen LogP contribution >= 0.6 is 24.0 Å². The van der Waals surface area contributed by atoms with Crippen LogP contribution in [0.4, 0.5) is 0 Å². The molecule has 0 unspecified atom stereocenters. The molecule has 1 aromatic heterocycles. The summed E-state index contributed by atoms with van der Waals surface area (Å²) < 4.78 is 5.76. The quantitative estimate of drug-likeness (QED) is 0.328. The Morgan fingerprint density at radius 3 is 2.27 bits per heavy atom. The molecule has 2 aliphatic heterocycles. The normalized spacial score (nSPS) is 18.9. The fourth-order valence-corrected chi connectivity index (χ4v) is 4.67. The van der Waals surface area contributed by atoms with Crippen molar-refractivity contribution >= 4 is 29.9 Å². The maximum absolute atomic E-state index is 5.76. The summed E-state index contributed by atoms with van der Waals surface area (Å²) in [6, 6.07) is 10.8. The number of nitrogens with one attached hydrogen (secondary N) is 1. The van der Waals surface area contributed by atoms with Crippen LogP contribution in [0.5, 0.6) is 0 Å². The van der Waals surface area contributed by atoms with Gasteiger partial charge in [0.2, 0.25) is 5.89 Å². The van der Waals surface area contributed by atoms with E-state index in [4.69, 9.17) is 4.42 Å². The zero-order valence-corrected chi connectivity index (χ0v) is 22.6. The van der Waals surface area contributed by atoms with E-state index < -0.39 is 0 Å². The Hall–Kier alpha value is -1.65. The van der Waals surface area contributed by atoms with E-state index >= 15 is 0 Å². The molecule has 1 N–H and O–H groups in total. The van der Waals surface area contributed by atoms with Crippen LogP contribution in [0.25, 0.3) is 0 Å². The van der Waals surface area contributed by atoms with Gasteiger partial charge < -0.3 is 14.6 Å². The van der Waals surface area contributed by atoms with Crippen LogP contribution in [0.15, 0.2) is 39.7 Å². The number of halogens is 1. The summed E-state index contributed by atoms with van der Waals surface area (Å²) in [4.78, 5) is 16.5. The first kappa shape index (κ1) is 26.0. The summed E-state index contributed by atoms with van der Waals surface area (Å²) >= 11 is 0. The molecule has 4 rings (SSSR count). The monoisotopic (exact) mass is 566 g/mol. The van der Waals surface area contributed by atoms with Crippen molar-refractivity contribution in [3.8, 4) is 0 Å². The Bertz CT molecular complexity index is 851. The first-order chi connectivity index (χ1) is 15.6. The summed E-state index contributed by atoms with van der Waals surface area (Å²) in [6.07, 6.45) is 2.40. The summed E-state index contributed by atoms with van der Waals surface area (Å²) in [7, 11) is 1.90. The van der Waals surface area contributed by atoms with Gasteiger partial charge in [-0.05, 0) is 51.3 Å². The maximum atomic E-state index is 5.76. The van der Waals surface area contributed by atoms with E-state index in [-0.39, 0.29) is 24.0 Å². The van der Waals surface area contributed by atoms with Gasteiger partial charge in [0.05, 0.1) is 12.2 Å². The summed E-state index contributed by atoms with van der Waals surface area (Å²) in [6.45, 7) is 13.3. The van der Waals surface area contributed by atoms with Crippen LogP contribution < -0.4 is 5.32 Å². The molecule has 0 spiro atoms. The molecule has 2 saturated heterocycles. The number of nitrogens with zero attached hydrogens (tertiary/aromatic N) is 5. The minimum absolute atomic E-state index is 0. The number of aromatic nitrogens is 1. The van der Waals surface area contributed by atoms with Gasteiger partial charge in [0.1, 0.15) is 5.76 Å². The van der Waals surface area contributed by atoms with Crippen LogP contribution in [-0.2, 0) is 13.1 Å². The van der Waals surface area contributed by atoms with E-state index in [1.807, 2.05) is 20.9 Å². The van der Waals surface area contributed by atoms with Crippen molar-refractivity contribution in [1.82, 2.24) is 25.0 Å². The highest BCUT2D eigenvalue weighted by Crippen LogP contribution is 2.19. The molecule has 0 amide bonds. The molecule has 8 heteroatoms. The number of aliphatic imine (C=N–C) groups is 1. The van der Waals surface area contributed by atoms with Crippen LogP contribution in [-0.4, -0.2) is 78.5 Å². The summed E-state index contributed by atoms with van der Waals surface area (Å²) in [5.74, 6) is 3.53. The second kappa shape index (κ2) is 12.7. The number of likely N-dealkylation sites (tertiary alicyclic amines) is 1. The lowest BCUT2D eigenvalue weighted by atomic mass is 9.97. The number of benzene rings is 1. The van der Waals surface area contributed by atoms with Gasteiger partial charge >= 0.3 is 0 Å². The molecule has 2 aliphatic rings. The molecule has 0 radical (unpaired) electrons. The van der Waals surface area contributed by atoms with Crippen LogP contribution in [0.1, 0.15) is 35.7 Å². The maximum Gasteiger partial charge on any atom is 0.208 e. The molecule has 0 saturated carbocycles. The highest BCUT2D eigenvalue weighted by atomic mass is 127. The molecule has 7 nitrogen and oxygen atoms in total. The zero-order chi connectivity index (χ0) is 22.3. The van der Waals surface area contributed by atoms with Crippen LogP contribution in [0.3, 0.4) is 0 Å². The third-order valence-electron chi connectivity index (χ3n) is 6.82. The van der Waals surface area contributed by atoms with Gasteiger partial charge in [-0.3, -0.25) is 14.8 Å². The Balaban J connectivity index is 0.00000306. The standard InChI is InChI=1S/C25H38N6O.HI/c1-20-21(2)32-24(28-20)19-29-11-9-22(10-12-29)17-27-25(26-3)31-15-13-30(14-16-31)18-23-7-5-4-6-8-23;/h4-8,22H,9-19H2,1-3H3,(H,26,27);1H. The van der Waals surface area contributed by atoms with E-state index in [1.165, 1.54) is 18.4 Å². The minimum atomic E-state index is 0. The topological polar surface area (TPSA) is 60.1 Å². The van der Waals surface area contributed by atoms with E-state index in [9.17, 15) is 0 Å². The Labute approximate surface area is 215 Å². The van der Waals surface area contributed by atoms with Crippen molar-refractivity contribution in [2.75, 3.05) is 52.9 Å². The lowest BCUT2D eigenvalue weighted by Crippen LogP contribution is -2.53. The van der Waals surface area contributed by atoms with Gasteiger partial charge in [0.25, 0.3) is 0 Å². The lowest BCUT2D eigenvalue weighted by Gasteiger charge is -2.37. The number of piperidine rings is 1. The van der Waals surface area contributed by atoms with Crippen molar-refractivity contribution in [1.29, 1.82) is 0 Å². The zero-order valence-electron chi connectivity index (χ0n) is 20.3. The van der Waals surface area contributed by atoms with E-state index in [0.29, 0.717) is 5.92 Å². The van der Waals surface area contributed by atoms with Gasteiger partial charge in [0, 0.05) is 46.3 Å². The summed E-state index contributed by atoms with van der Waals surface area (Å²) in [5, 5.41) is 3.66. The molecule has 1 aromatic carbocycles. The minimum Gasteiger partial charge on any atom is -0.444 e. The van der Waals surface area contributed by atoms with Crippen molar-refractivity contribution in [2.24, 2.45) is 10.9 Å². The van der Waals surface area contributed by atoms with E-state index in [0.717, 1.165) is 82.2 Å². The highest BCUT2D eigenvalue weighted by Gasteiger charge is 2.23. The van der Waals surface area contributed by atoms with E-state index in [1.54, 1.807) is 0 Å². The fraction of sp³-hybridized carbons (Fsp3) is 0.600. The Morgan fingerprint density at radius 1 is 1.00 bits per heavy atom. The van der Waals surface area contributed by atoms with Crippen molar-refractivity contribution < 1.29 is 4.42 Å². The van der Waals surface area contributed by atoms with Crippen molar-refractivity contribution in [3.63, 3.8) is 0 Å². The number of guanidine groups is 1. The number of hydrogen-bond acceptors (Lipinski definition) is 5. The average Bonchev–Trinajstić information content (AvgIpc) is 3.13. The third kappa shape index (κ3) is 7.42. The van der Waals surface area contributed by atoms with Gasteiger partial charge in [-0.15, -0.1) is 24.0 Å². The highest BCUT2D eigenvalue weighted by molar-refractivity contribution is 14.0. The Kier molecular flexibility index (Phi) is 10.0. The third-order valence-corrected chi connectivity index (χ3v) is 6.82. The van der Waals surface area contributed by atoms with Crippen molar-refractivity contribution in [2.45, 2.75) is 39.8 Å². The Morgan fingerprint density at radius 2 is 1.67 bits per heavy atom. The molecule has 0 atom stereocenters. The number of oxazole rings is 1. The van der Waals surface area contributed by atoms with Gasteiger partial charge in [-0.1, -0.05) is 30.3 Å². The average molecular weight is 567 g/mol. The molecule has 3 heterocycles. The van der Waals surface area contributed by atoms with Gasteiger partial charge in [0.15, 0.2) is 5.96 Å². The molecule has 2 aromatic rings. The molecule has 33 heavy (non-hydrogen) atoms. The van der Waals surface area contributed by atoms with Crippen LogP contribution in [0.2, 0.25) is 0 Å². The predicted molar refractivity (Wildman–Crippen MR) is 144 cm³/mol. The largest absolute Gasteiger partial charge is 0.444 e. The molecular formula is C25H39IN6O. The second-order valence-electron chi connectivity index (χ2n) is 9.15. The van der Waals surface area contributed by atoms with Gasteiger partial charge in [-0.2, -0.15) is 0 Å². The molecular weight excluding hydrogens is 527 g/mol. The number of aryl methyl sites for hydroxylation is 2. The number of hydrogen-bond donors (Lipinski definition) is 1. The smallest absolute Gasteiger partial charge is 0.208 e. The van der Waals surface area contributed by atoms with Gasteiger partial charge in [-0.25, -0.2) is 4.98 Å². The number of rotatable bonds is 6. The second-order valence-corrected chi connectivity index (χ2v) is 9.15. The van der Waals surface area contributed by atoms with Crippen LogP contribution in [0, 0.1) is 19.8 Å². The molecule has 2 fully saturated rings. The SMILES string of the molecule is CN=C(NCC1CCN(Cc2nc(C)c(C)o2)CC1)N1CCN(Cc2ccccc2)CC1.I. The van der Waals surface area contributed by atoms with E-state index in [2.05, 4.69) is 60.3 Å². The molecule has 0 bridgehead atoms. The number of piperazine rings is 1. The first-order valence-electron chi connectivity index (χ1n) is 12.0. The molecule has 182 valence electrons.